The second-order valence-corrected chi connectivity index (χ2v) is 6.54. The molecule has 1 fully saturated rings. The van der Waals surface area contributed by atoms with Crippen LogP contribution in [0.4, 0.5) is 4.79 Å². The Kier molecular flexibility index (Phi) is 8.02. The zero-order valence-corrected chi connectivity index (χ0v) is 16.2. The third-order valence-corrected chi connectivity index (χ3v) is 4.43. The van der Waals surface area contributed by atoms with Gasteiger partial charge in [0.05, 0.1) is 6.61 Å². The molecule has 0 aromatic carbocycles. The molecule has 0 aromatic rings. The minimum atomic E-state index is -1.26. The molecule has 2 aliphatic heterocycles. The molecule has 2 aliphatic rings. The Morgan fingerprint density at radius 1 is 1.54 bits per heavy atom. The molecule has 2 atom stereocenters. The molecule has 2 N–H and O–H groups in total. The van der Waals surface area contributed by atoms with Crippen molar-refractivity contribution < 1.29 is 19.0 Å². The summed E-state index contributed by atoms with van der Waals surface area (Å²) in [7, 11) is 0. The maximum absolute atomic E-state index is 11.8. The van der Waals surface area contributed by atoms with Crippen molar-refractivity contribution in [2.45, 2.75) is 57.3 Å². The SMILES string of the molecule is C=C/C=C1/C(N)=NC=NN1[C@H]1CCC(C#N)(COC(=O)OCCCCCC)O1. The summed E-state index contributed by atoms with van der Waals surface area (Å²) >= 11 is 0. The number of hydrogen-bond acceptors (Lipinski definition) is 9. The van der Waals surface area contributed by atoms with Crippen LogP contribution < -0.4 is 5.73 Å². The number of unbranched alkanes of at least 4 members (excludes halogenated alkanes) is 3. The van der Waals surface area contributed by atoms with Gasteiger partial charge in [-0.1, -0.05) is 38.8 Å². The summed E-state index contributed by atoms with van der Waals surface area (Å²) in [6, 6.07) is 2.11. The fourth-order valence-corrected chi connectivity index (χ4v) is 2.92. The van der Waals surface area contributed by atoms with E-state index < -0.39 is 18.0 Å². The van der Waals surface area contributed by atoms with Gasteiger partial charge in [-0.05, 0) is 25.3 Å². The van der Waals surface area contributed by atoms with Crippen molar-refractivity contribution in [3.63, 3.8) is 0 Å². The summed E-state index contributed by atoms with van der Waals surface area (Å²) < 4.78 is 16.0. The topological polar surface area (TPSA) is 123 Å². The average molecular weight is 389 g/mol. The molecule has 0 bridgehead atoms. The largest absolute Gasteiger partial charge is 0.508 e. The molecule has 0 aromatic heterocycles. The first-order chi connectivity index (χ1) is 13.5. The number of aliphatic imine (C=N–C) groups is 1. The van der Waals surface area contributed by atoms with Crippen molar-refractivity contribution in [1.29, 1.82) is 5.26 Å². The molecule has 9 nitrogen and oxygen atoms in total. The van der Waals surface area contributed by atoms with Crippen LogP contribution in [0.5, 0.6) is 0 Å². The number of amidine groups is 1. The monoisotopic (exact) mass is 389 g/mol. The van der Waals surface area contributed by atoms with Gasteiger partial charge in [0.1, 0.15) is 24.7 Å². The highest BCUT2D eigenvalue weighted by atomic mass is 16.7. The van der Waals surface area contributed by atoms with Crippen molar-refractivity contribution in [1.82, 2.24) is 5.01 Å². The third kappa shape index (κ3) is 5.57. The van der Waals surface area contributed by atoms with Gasteiger partial charge in [-0.2, -0.15) is 10.4 Å². The lowest BCUT2D eigenvalue weighted by molar-refractivity contribution is -0.0942. The molecule has 2 rings (SSSR count). The minimum absolute atomic E-state index is 0.213. The lowest BCUT2D eigenvalue weighted by Crippen LogP contribution is -2.41. The number of nitrogens with zero attached hydrogens (tertiary/aromatic N) is 4. The molecular formula is C19H27N5O4. The van der Waals surface area contributed by atoms with E-state index >= 15 is 0 Å². The molecule has 0 saturated carbocycles. The average Bonchev–Trinajstić information content (AvgIpc) is 3.13. The Hall–Kier alpha value is -2.86. The minimum Gasteiger partial charge on any atom is -0.434 e. The van der Waals surface area contributed by atoms with Crippen molar-refractivity contribution in [3.05, 3.63) is 24.4 Å². The van der Waals surface area contributed by atoms with Gasteiger partial charge in [0.2, 0.25) is 0 Å². The number of hydrogen-bond donors (Lipinski definition) is 1. The Bertz CT molecular complexity index is 697. The molecule has 152 valence electrons. The van der Waals surface area contributed by atoms with Gasteiger partial charge in [-0.25, -0.2) is 14.8 Å². The fourth-order valence-electron chi connectivity index (χ4n) is 2.92. The standard InChI is InChI=1S/C19H27N5O4/c1-3-5-6-7-11-26-18(25)27-13-19(12-20)10-9-16(28-19)24-15(8-4-2)17(21)22-14-23-24/h4,8,14,16H,2-3,5-7,9-11,13H2,1H3,(H2,21,22,23)/b15-8-/t16-,19?/m1/s1. The zero-order chi connectivity index (χ0) is 20.4. The van der Waals surface area contributed by atoms with Crippen molar-refractivity contribution >= 4 is 18.3 Å². The Morgan fingerprint density at radius 3 is 3.07 bits per heavy atom. The van der Waals surface area contributed by atoms with Crippen molar-refractivity contribution in [3.8, 4) is 6.07 Å². The number of allylic oxidation sites excluding steroid dienone is 2. The van der Waals surface area contributed by atoms with E-state index in [4.69, 9.17) is 19.9 Å². The molecule has 0 spiro atoms. The van der Waals surface area contributed by atoms with Gasteiger partial charge in [0.15, 0.2) is 17.7 Å². The maximum atomic E-state index is 11.8. The van der Waals surface area contributed by atoms with Gasteiger partial charge in [0, 0.05) is 0 Å². The summed E-state index contributed by atoms with van der Waals surface area (Å²) in [5.41, 5.74) is 5.16. The lowest BCUT2D eigenvalue weighted by Gasteiger charge is -2.30. The predicted octanol–water partition coefficient (Wildman–Crippen LogP) is 2.80. The summed E-state index contributed by atoms with van der Waals surface area (Å²) in [5.74, 6) is 0.274. The number of nitrogens with two attached hydrogens (primary N) is 1. The second kappa shape index (κ2) is 10.5. The third-order valence-electron chi connectivity index (χ3n) is 4.43. The van der Waals surface area contributed by atoms with Gasteiger partial charge >= 0.3 is 6.16 Å². The first-order valence-electron chi connectivity index (χ1n) is 9.42. The van der Waals surface area contributed by atoms with Crippen LogP contribution in [0, 0.1) is 11.3 Å². The quantitative estimate of drug-likeness (QED) is 0.475. The molecule has 1 saturated heterocycles. The van der Waals surface area contributed by atoms with E-state index in [9.17, 15) is 10.1 Å². The molecule has 1 unspecified atom stereocenters. The van der Waals surface area contributed by atoms with E-state index in [1.807, 2.05) is 0 Å². The first kappa shape index (κ1) is 21.4. The number of nitriles is 1. The second-order valence-electron chi connectivity index (χ2n) is 6.54. The summed E-state index contributed by atoms with van der Waals surface area (Å²) in [6.45, 7) is 5.85. The predicted molar refractivity (Wildman–Crippen MR) is 104 cm³/mol. The van der Waals surface area contributed by atoms with Crippen LogP contribution in [0.25, 0.3) is 0 Å². The van der Waals surface area contributed by atoms with Gasteiger partial charge in [-0.15, -0.1) is 0 Å². The maximum Gasteiger partial charge on any atom is 0.508 e. The highest BCUT2D eigenvalue weighted by Crippen LogP contribution is 2.34. The number of hydrazone groups is 1. The van der Waals surface area contributed by atoms with E-state index in [0.717, 1.165) is 25.7 Å². The smallest absolute Gasteiger partial charge is 0.434 e. The molecule has 0 amide bonds. The number of carbonyl (C=O) groups excluding carboxylic acids is 1. The van der Waals surface area contributed by atoms with Crippen LogP contribution in [-0.4, -0.2) is 48.4 Å². The van der Waals surface area contributed by atoms with Crippen LogP contribution in [0.3, 0.4) is 0 Å². The molecule has 2 heterocycles. The van der Waals surface area contributed by atoms with E-state index in [-0.39, 0.29) is 12.4 Å². The summed E-state index contributed by atoms with van der Waals surface area (Å²) in [4.78, 5) is 15.7. The summed E-state index contributed by atoms with van der Waals surface area (Å²) in [5, 5.41) is 15.3. The first-order valence-corrected chi connectivity index (χ1v) is 9.42. The van der Waals surface area contributed by atoms with Gasteiger partial charge in [-0.3, -0.25) is 0 Å². The zero-order valence-electron chi connectivity index (χ0n) is 16.2. The van der Waals surface area contributed by atoms with E-state index in [1.165, 1.54) is 6.34 Å². The Morgan fingerprint density at radius 2 is 2.36 bits per heavy atom. The van der Waals surface area contributed by atoms with E-state index in [0.29, 0.717) is 25.1 Å². The Balaban J connectivity index is 1.88. The van der Waals surface area contributed by atoms with Crippen molar-refractivity contribution in [2.75, 3.05) is 13.2 Å². The van der Waals surface area contributed by atoms with E-state index in [1.54, 1.807) is 17.2 Å². The number of carbonyl (C=O) groups is 1. The lowest BCUT2D eigenvalue weighted by atomic mass is 10.0. The summed E-state index contributed by atoms with van der Waals surface area (Å²) in [6.07, 6.45) is 8.09. The number of rotatable bonds is 9. The molecule has 0 aliphatic carbocycles. The van der Waals surface area contributed by atoms with Crippen LogP contribution in [0.2, 0.25) is 0 Å². The number of ether oxygens (including phenoxy) is 3. The fraction of sp³-hybridized carbons (Fsp3) is 0.579. The highest BCUT2D eigenvalue weighted by Gasteiger charge is 2.45. The molecule has 28 heavy (non-hydrogen) atoms. The van der Waals surface area contributed by atoms with Crippen LogP contribution >= 0.6 is 0 Å². The highest BCUT2D eigenvalue weighted by molar-refractivity contribution is 6.01. The normalized spacial score (nSPS) is 25.3. The van der Waals surface area contributed by atoms with Gasteiger partial charge < -0.3 is 19.9 Å². The molecule has 0 radical (unpaired) electrons. The molecule has 9 heteroatoms. The van der Waals surface area contributed by atoms with Crippen LogP contribution in [0.1, 0.15) is 45.4 Å². The van der Waals surface area contributed by atoms with Crippen molar-refractivity contribution in [2.24, 2.45) is 15.8 Å². The van der Waals surface area contributed by atoms with Gasteiger partial charge in [0.25, 0.3) is 0 Å². The Labute approximate surface area is 165 Å². The van der Waals surface area contributed by atoms with Crippen LogP contribution in [-0.2, 0) is 14.2 Å². The van der Waals surface area contributed by atoms with Crippen LogP contribution in [0.15, 0.2) is 34.5 Å². The van der Waals surface area contributed by atoms with E-state index in [2.05, 4.69) is 29.7 Å². The molecular weight excluding hydrogens is 362 g/mol.